The number of carboxylic acids is 1. The van der Waals surface area contributed by atoms with E-state index in [9.17, 15) is 14.4 Å². The molecule has 0 aromatic heterocycles. The SMILES string of the molecule is CN1C(=O)CSc2cc(C(=O)CCC(=O)O)ccc21. The molecule has 6 heteroatoms. The molecule has 0 aliphatic carbocycles. The Morgan fingerprint density at radius 1 is 1.37 bits per heavy atom. The van der Waals surface area contributed by atoms with Crippen LogP contribution in [0.2, 0.25) is 0 Å². The molecule has 100 valence electrons. The molecular formula is C13H13NO4S. The first-order valence-corrected chi connectivity index (χ1v) is 6.76. The number of nitrogens with zero attached hydrogens (tertiary/aromatic N) is 1. The van der Waals surface area contributed by atoms with E-state index in [4.69, 9.17) is 5.11 Å². The molecular weight excluding hydrogens is 266 g/mol. The van der Waals surface area contributed by atoms with Gasteiger partial charge in [-0.05, 0) is 18.2 Å². The van der Waals surface area contributed by atoms with Gasteiger partial charge in [0.2, 0.25) is 5.91 Å². The first-order chi connectivity index (χ1) is 8.99. The number of ketones is 1. The molecule has 1 aliphatic heterocycles. The number of aliphatic carboxylic acids is 1. The van der Waals surface area contributed by atoms with E-state index >= 15 is 0 Å². The van der Waals surface area contributed by atoms with E-state index in [0.717, 1.165) is 10.6 Å². The lowest BCUT2D eigenvalue weighted by molar-refractivity contribution is -0.137. The summed E-state index contributed by atoms with van der Waals surface area (Å²) in [4.78, 5) is 36.2. The summed E-state index contributed by atoms with van der Waals surface area (Å²) >= 11 is 1.40. The Kier molecular flexibility index (Phi) is 3.90. The zero-order chi connectivity index (χ0) is 14.0. The molecule has 0 spiro atoms. The van der Waals surface area contributed by atoms with Gasteiger partial charge >= 0.3 is 5.97 Å². The van der Waals surface area contributed by atoms with Crippen molar-refractivity contribution in [2.75, 3.05) is 17.7 Å². The van der Waals surface area contributed by atoms with Crippen LogP contribution in [0.4, 0.5) is 5.69 Å². The predicted octanol–water partition coefficient (Wildman–Crippen LogP) is 1.80. The second kappa shape index (κ2) is 5.44. The van der Waals surface area contributed by atoms with Crippen LogP contribution in [0.3, 0.4) is 0 Å². The van der Waals surface area contributed by atoms with Gasteiger partial charge in [-0.15, -0.1) is 11.8 Å². The molecule has 1 aromatic rings. The average Bonchev–Trinajstić information content (AvgIpc) is 2.40. The van der Waals surface area contributed by atoms with Crippen LogP contribution in [0, 0.1) is 0 Å². The number of amides is 1. The Morgan fingerprint density at radius 2 is 2.11 bits per heavy atom. The molecule has 0 saturated carbocycles. The first-order valence-electron chi connectivity index (χ1n) is 5.77. The Balaban J connectivity index is 2.20. The van der Waals surface area contributed by atoms with Crippen LogP contribution in [0.5, 0.6) is 0 Å². The van der Waals surface area contributed by atoms with Crippen LogP contribution in [0.1, 0.15) is 23.2 Å². The molecule has 0 atom stereocenters. The normalized spacial score (nSPS) is 14.2. The number of carbonyl (C=O) groups is 3. The summed E-state index contributed by atoms with van der Waals surface area (Å²) < 4.78 is 0. The molecule has 0 bridgehead atoms. The molecule has 1 amide bonds. The van der Waals surface area contributed by atoms with Gasteiger partial charge in [-0.1, -0.05) is 0 Å². The van der Waals surface area contributed by atoms with Crippen molar-refractivity contribution in [3.63, 3.8) is 0 Å². The molecule has 1 N–H and O–H groups in total. The molecule has 0 fully saturated rings. The number of fused-ring (bicyclic) bond motifs is 1. The van der Waals surface area contributed by atoms with Gasteiger partial charge < -0.3 is 10.0 Å². The van der Waals surface area contributed by atoms with Gasteiger partial charge in [0.1, 0.15) is 0 Å². The highest BCUT2D eigenvalue weighted by Gasteiger charge is 2.22. The zero-order valence-electron chi connectivity index (χ0n) is 10.4. The Morgan fingerprint density at radius 3 is 2.79 bits per heavy atom. The van der Waals surface area contributed by atoms with Gasteiger partial charge in [0.05, 0.1) is 17.9 Å². The fraction of sp³-hybridized carbons (Fsp3) is 0.308. The number of benzene rings is 1. The number of Topliss-reactive ketones (excluding diaryl/α,β-unsaturated/α-hetero) is 1. The monoisotopic (exact) mass is 279 g/mol. The second-order valence-electron chi connectivity index (χ2n) is 4.24. The van der Waals surface area contributed by atoms with E-state index in [1.54, 1.807) is 30.1 Å². The van der Waals surface area contributed by atoms with Crippen LogP contribution in [0.25, 0.3) is 0 Å². The molecule has 5 nitrogen and oxygen atoms in total. The number of anilines is 1. The van der Waals surface area contributed by atoms with E-state index in [2.05, 4.69) is 0 Å². The van der Waals surface area contributed by atoms with Crippen molar-refractivity contribution < 1.29 is 19.5 Å². The number of thioether (sulfide) groups is 1. The van der Waals surface area contributed by atoms with E-state index in [1.165, 1.54) is 11.8 Å². The van der Waals surface area contributed by atoms with Crippen molar-refractivity contribution in [1.29, 1.82) is 0 Å². The van der Waals surface area contributed by atoms with Crippen molar-refractivity contribution in [1.82, 2.24) is 0 Å². The summed E-state index contributed by atoms with van der Waals surface area (Å²) in [7, 11) is 1.70. The van der Waals surface area contributed by atoms with Gasteiger partial charge in [0.15, 0.2) is 5.78 Å². The van der Waals surface area contributed by atoms with Gasteiger partial charge in [-0.25, -0.2) is 0 Å². The Bertz CT molecular complexity index is 556. The summed E-state index contributed by atoms with van der Waals surface area (Å²) in [5, 5.41) is 8.56. The standard InChI is InChI=1S/C13H13NO4S/c1-14-9-3-2-8(10(15)4-5-13(17)18)6-11(9)19-7-12(14)16/h2-3,6H,4-5,7H2,1H3,(H,17,18). The van der Waals surface area contributed by atoms with Gasteiger partial charge in [-0.2, -0.15) is 0 Å². The third-order valence-corrected chi connectivity index (χ3v) is 3.96. The van der Waals surface area contributed by atoms with Crippen molar-refractivity contribution in [3.05, 3.63) is 23.8 Å². The third kappa shape index (κ3) is 2.96. The maximum Gasteiger partial charge on any atom is 0.303 e. The van der Waals surface area contributed by atoms with Gasteiger partial charge in [-0.3, -0.25) is 14.4 Å². The van der Waals surface area contributed by atoms with E-state index in [1.807, 2.05) is 0 Å². The number of carbonyl (C=O) groups excluding carboxylic acids is 2. The molecule has 19 heavy (non-hydrogen) atoms. The molecule has 1 aliphatic rings. The van der Waals surface area contributed by atoms with E-state index < -0.39 is 5.97 Å². The smallest absolute Gasteiger partial charge is 0.303 e. The van der Waals surface area contributed by atoms with Crippen LogP contribution in [-0.2, 0) is 9.59 Å². The molecule has 0 unspecified atom stereocenters. The lowest BCUT2D eigenvalue weighted by atomic mass is 10.1. The highest BCUT2D eigenvalue weighted by molar-refractivity contribution is 8.00. The van der Waals surface area contributed by atoms with Crippen molar-refractivity contribution in [2.24, 2.45) is 0 Å². The van der Waals surface area contributed by atoms with E-state index in [-0.39, 0.29) is 24.5 Å². The van der Waals surface area contributed by atoms with E-state index in [0.29, 0.717) is 11.3 Å². The summed E-state index contributed by atoms with van der Waals surface area (Å²) in [6.07, 6.45) is -0.172. The maximum absolute atomic E-state index is 11.8. The van der Waals surface area contributed by atoms with Crippen molar-refractivity contribution >= 4 is 35.1 Å². The molecule has 1 aromatic carbocycles. The molecule has 1 heterocycles. The minimum absolute atomic E-state index is 0.00639. The molecule has 0 radical (unpaired) electrons. The second-order valence-corrected chi connectivity index (χ2v) is 5.26. The van der Waals surface area contributed by atoms with Crippen LogP contribution < -0.4 is 4.90 Å². The summed E-state index contributed by atoms with van der Waals surface area (Å²) in [5.74, 6) is -0.783. The minimum atomic E-state index is -0.981. The minimum Gasteiger partial charge on any atom is -0.481 e. The highest BCUT2D eigenvalue weighted by Crippen LogP contribution is 2.35. The number of rotatable bonds is 4. The van der Waals surface area contributed by atoms with Crippen LogP contribution in [-0.4, -0.2) is 35.6 Å². The highest BCUT2D eigenvalue weighted by atomic mass is 32.2. The largest absolute Gasteiger partial charge is 0.481 e. The topological polar surface area (TPSA) is 74.7 Å². The number of hydrogen-bond acceptors (Lipinski definition) is 4. The molecule has 2 rings (SSSR count). The Labute approximate surface area is 114 Å². The summed E-state index contributed by atoms with van der Waals surface area (Å²) in [5.41, 5.74) is 1.28. The number of carboxylic acid groups (broad SMARTS) is 1. The number of hydrogen-bond donors (Lipinski definition) is 1. The predicted molar refractivity (Wildman–Crippen MR) is 71.8 cm³/mol. The third-order valence-electron chi connectivity index (χ3n) is 2.93. The van der Waals surface area contributed by atoms with Crippen molar-refractivity contribution in [3.8, 4) is 0 Å². The first kappa shape index (κ1) is 13.6. The molecule has 0 saturated heterocycles. The lowest BCUT2D eigenvalue weighted by Gasteiger charge is -2.25. The van der Waals surface area contributed by atoms with Crippen LogP contribution in [0.15, 0.2) is 23.1 Å². The van der Waals surface area contributed by atoms with Gasteiger partial charge in [0, 0.05) is 23.9 Å². The van der Waals surface area contributed by atoms with Gasteiger partial charge in [0.25, 0.3) is 0 Å². The summed E-state index contributed by atoms with van der Waals surface area (Å²) in [6.45, 7) is 0. The Hall–Kier alpha value is -1.82. The summed E-state index contributed by atoms with van der Waals surface area (Å²) in [6, 6.07) is 5.10. The quantitative estimate of drug-likeness (QED) is 0.851. The zero-order valence-corrected chi connectivity index (χ0v) is 11.2. The fourth-order valence-electron chi connectivity index (χ4n) is 1.82. The lowest BCUT2D eigenvalue weighted by Crippen LogP contribution is -2.31. The maximum atomic E-state index is 11.8. The van der Waals surface area contributed by atoms with Crippen molar-refractivity contribution in [2.45, 2.75) is 17.7 Å². The average molecular weight is 279 g/mol. The fourth-order valence-corrected chi connectivity index (χ4v) is 2.85. The van der Waals surface area contributed by atoms with Crippen LogP contribution >= 0.6 is 11.8 Å².